The van der Waals surface area contributed by atoms with Crippen molar-refractivity contribution in [3.05, 3.63) is 83.9 Å². The monoisotopic (exact) mass is 359 g/mol. The van der Waals surface area contributed by atoms with Crippen LogP contribution in [-0.2, 0) is 13.1 Å². The molecule has 0 aliphatic carbocycles. The number of rotatable bonds is 6. The Balaban J connectivity index is 1.64. The molecule has 136 valence electrons. The number of ether oxygens (including phenoxy) is 1. The minimum absolute atomic E-state index is 0.613. The second-order valence-electron chi connectivity index (χ2n) is 6.51. The van der Waals surface area contributed by atoms with Crippen LogP contribution in [0.15, 0.2) is 71.5 Å². The first-order chi connectivity index (χ1) is 13.2. The maximum Gasteiger partial charge on any atom is 0.298 e. The fourth-order valence-electron chi connectivity index (χ4n) is 3.11. The lowest BCUT2D eigenvalue weighted by Crippen LogP contribution is -2.22. The molecule has 0 fully saturated rings. The molecule has 5 heteroatoms. The van der Waals surface area contributed by atoms with Crippen molar-refractivity contribution < 1.29 is 9.15 Å². The normalized spacial score (nSPS) is 10.9. The van der Waals surface area contributed by atoms with Gasteiger partial charge in [0.25, 0.3) is 6.01 Å². The van der Waals surface area contributed by atoms with E-state index in [4.69, 9.17) is 9.15 Å². The highest BCUT2D eigenvalue weighted by molar-refractivity contribution is 5.79. The van der Waals surface area contributed by atoms with Crippen LogP contribution in [0.2, 0.25) is 0 Å². The summed E-state index contributed by atoms with van der Waals surface area (Å²) < 4.78 is 11.0. The molecule has 0 amide bonds. The maximum absolute atomic E-state index is 5.69. The first-order valence-corrected chi connectivity index (χ1v) is 8.85. The van der Waals surface area contributed by atoms with Gasteiger partial charge in [-0.15, -0.1) is 0 Å². The average molecular weight is 359 g/mol. The van der Waals surface area contributed by atoms with Gasteiger partial charge in [-0.2, -0.15) is 4.98 Å². The topological polar surface area (TPSA) is 51.4 Å². The van der Waals surface area contributed by atoms with Gasteiger partial charge in [0, 0.05) is 24.7 Å². The summed E-state index contributed by atoms with van der Waals surface area (Å²) in [6.45, 7) is 3.28. The molecular weight excluding hydrogens is 338 g/mol. The molecule has 4 rings (SSSR count). The Morgan fingerprint density at radius 1 is 1.00 bits per heavy atom. The third-order valence-electron chi connectivity index (χ3n) is 4.43. The Hall–Kier alpha value is -3.34. The first kappa shape index (κ1) is 17.1. The largest absolute Gasteiger partial charge is 0.497 e. The molecular formula is C22H21N3O2. The molecule has 0 unspecified atom stereocenters. The van der Waals surface area contributed by atoms with Crippen LogP contribution in [0.5, 0.6) is 5.75 Å². The van der Waals surface area contributed by atoms with Crippen molar-refractivity contribution in [1.29, 1.82) is 0 Å². The number of hydrogen-bond acceptors (Lipinski definition) is 5. The lowest BCUT2D eigenvalue weighted by Gasteiger charge is -2.21. The second-order valence-corrected chi connectivity index (χ2v) is 6.51. The summed E-state index contributed by atoms with van der Waals surface area (Å²) in [4.78, 5) is 11.0. The van der Waals surface area contributed by atoms with Crippen LogP contribution in [0.4, 0.5) is 6.01 Å². The number of anilines is 1. The molecule has 2 aromatic carbocycles. The Morgan fingerprint density at radius 2 is 1.85 bits per heavy atom. The van der Waals surface area contributed by atoms with Gasteiger partial charge in [0.1, 0.15) is 12.0 Å². The zero-order valence-corrected chi connectivity index (χ0v) is 15.4. The highest BCUT2D eigenvalue weighted by Gasteiger charge is 2.14. The van der Waals surface area contributed by atoms with Gasteiger partial charge >= 0.3 is 0 Å². The number of aromatic nitrogens is 2. The number of aryl methyl sites for hydroxylation is 1. The lowest BCUT2D eigenvalue weighted by molar-refractivity contribution is 0.414. The van der Waals surface area contributed by atoms with Gasteiger partial charge in [0.2, 0.25) is 0 Å². The lowest BCUT2D eigenvalue weighted by atomic mass is 10.1. The zero-order valence-electron chi connectivity index (χ0n) is 15.4. The van der Waals surface area contributed by atoms with Crippen molar-refractivity contribution in [3.8, 4) is 5.75 Å². The summed E-state index contributed by atoms with van der Waals surface area (Å²) in [6, 6.07) is 19.0. The molecule has 0 aliphatic rings. The highest BCUT2D eigenvalue weighted by atomic mass is 16.5. The van der Waals surface area contributed by atoms with E-state index >= 15 is 0 Å². The zero-order chi connectivity index (χ0) is 18.6. The van der Waals surface area contributed by atoms with E-state index in [2.05, 4.69) is 45.2 Å². The number of fused-ring (bicyclic) bond motifs is 1. The fourth-order valence-corrected chi connectivity index (χ4v) is 3.11. The number of oxazole rings is 1. The molecule has 27 heavy (non-hydrogen) atoms. The van der Waals surface area contributed by atoms with E-state index in [1.807, 2.05) is 37.4 Å². The third kappa shape index (κ3) is 3.92. The number of methoxy groups -OCH3 is 1. The summed E-state index contributed by atoms with van der Waals surface area (Å²) in [5.74, 6) is 0.841. The van der Waals surface area contributed by atoms with Crippen molar-refractivity contribution >= 4 is 16.9 Å². The molecule has 0 spiro atoms. The quantitative estimate of drug-likeness (QED) is 0.497. The number of pyridine rings is 1. The van der Waals surface area contributed by atoms with E-state index in [0.717, 1.165) is 27.9 Å². The van der Waals surface area contributed by atoms with Gasteiger partial charge in [-0.1, -0.05) is 24.3 Å². The van der Waals surface area contributed by atoms with Crippen molar-refractivity contribution in [3.63, 3.8) is 0 Å². The predicted octanol–water partition coefficient (Wildman–Crippen LogP) is 4.75. The van der Waals surface area contributed by atoms with Gasteiger partial charge in [0.05, 0.1) is 18.3 Å². The van der Waals surface area contributed by atoms with Gasteiger partial charge in [-0.3, -0.25) is 4.98 Å². The summed E-state index contributed by atoms with van der Waals surface area (Å²) in [5.41, 5.74) is 4.16. The average Bonchev–Trinajstić information content (AvgIpc) is 3.14. The van der Waals surface area contributed by atoms with Crippen LogP contribution in [-0.4, -0.2) is 17.1 Å². The molecule has 0 bridgehead atoms. The van der Waals surface area contributed by atoms with Crippen LogP contribution in [0.3, 0.4) is 0 Å². The van der Waals surface area contributed by atoms with E-state index < -0.39 is 0 Å². The van der Waals surface area contributed by atoms with Crippen molar-refractivity contribution in [2.45, 2.75) is 20.0 Å². The van der Waals surface area contributed by atoms with E-state index in [1.54, 1.807) is 13.4 Å². The molecule has 0 saturated carbocycles. The number of nitrogens with zero attached hydrogens (tertiary/aromatic N) is 3. The molecule has 0 saturated heterocycles. The van der Waals surface area contributed by atoms with Crippen LogP contribution in [0, 0.1) is 6.92 Å². The molecule has 4 aromatic rings. The standard InChI is InChI=1S/C22H21N3O2/c1-16-15-27-22(24-16)25(13-17-5-3-7-20(12-17)26-2)14-18-8-9-21-19(11-18)6-4-10-23-21/h3-12,15H,13-14H2,1-2H3. The Morgan fingerprint density at radius 3 is 2.63 bits per heavy atom. The van der Waals surface area contributed by atoms with Crippen LogP contribution in [0.1, 0.15) is 16.8 Å². The van der Waals surface area contributed by atoms with Crippen LogP contribution < -0.4 is 9.64 Å². The van der Waals surface area contributed by atoms with E-state index in [9.17, 15) is 0 Å². The van der Waals surface area contributed by atoms with Crippen molar-refractivity contribution in [1.82, 2.24) is 9.97 Å². The smallest absolute Gasteiger partial charge is 0.298 e. The predicted molar refractivity (Wildman–Crippen MR) is 106 cm³/mol. The number of hydrogen-bond donors (Lipinski definition) is 0. The van der Waals surface area contributed by atoms with Crippen molar-refractivity contribution in [2.24, 2.45) is 0 Å². The number of benzene rings is 2. The van der Waals surface area contributed by atoms with E-state index in [-0.39, 0.29) is 0 Å². The Bertz CT molecular complexity index is 1060. The van der Waals surface area contributed by atoms with Gasteiger partial charge < -0.3 is 14.1 Å². The molecule has 0 radical (unpaired) electrons. The van der Waals surface area contributed by atoms with Gasteiger partial charge in [-0.05, 0) is 48.4 Å². The molecule has 0 atom stereocenters. The SMILES string of the molecule is COc1cccc(CN(Cc2ccc3ncccc3c2)c2nc(C)co2)c1. The maximum atomic E-state index is 5.69. The highest BCUT2D eigenvalue weighted by Crippen LogP contribution is 2.23. The van der Waals surface area contributed by atoms with E-state index in [0.29, 0.717) is 19.1 Å². The molecule has 0 N–H and O–H groups in total. The fraction of sp³-hybridized carbons (Fsp3) is 0.182. The summed E-state index contributed by atoms with van der Waals surface area (Å²) in [7, 11) is 1.68. The minimum Gasteiger partial charge on any atom is -0.497 e. The molecule has 0 aliphatic heterocycles. The van der Waals surface area contributed by atoms with Crippen molar-refractivity contribution in [2.75, 3.05) is 12.0 Å². The molecule has 5 nitrogen and oxygen atoms in total. The molecule has 2 aromatic heterocycles. The summed E-state index contributed by atoms with van der Waals surface area (Å²) in [5, 5.41) is 1.12. The third-order valence-corrected chi connectivity index (χ3v) is 4.43. The Kier molecular flexibility index (Phi) is 4.75. The van der Waals surface area contributed by atoms with Gasteiger partial charge in [0.15, 0.2) is 0 Å². The second kappa shape index (κ2) is 7.50. The molecule has 2 heterocycles. The van der Waals surface area contributed by atoms with E-state index in [1.165, 1.54) is 5.56 Å². The van der Waals surface area contributed by atoms with Crippen LogP contribution >= 0.6 is 0 Å². The first-order valence-electron chi connectivity index (χ1n) is 8.85. The van der Waals surface area contributed by atoms with Gasteiger partial charge in [-0.25, -0.2) is 0 Å². The summed E-state index contributed by atoms with van der Waals surface area (Å²) in [6.07, 6.45) is 3.49. The van der Waals surface area contributed by atoms with Crippen LogP contribution in [0.25, 0.3) is 10.9 Å². The summed E-state index contributed by atoms with van der Waals surface area (Å²) >= 11 is 0. The Labute approximate surface area is 158 Å². The minimum atomic E-state index is 0.613.